The van der Waals surface area contributed by atoms with Crippen molar-refractivity contribution < 1.29 is 13.9 Å². The van der Waals surface area contributed by atoms with E-state index in [-0.39, 0.29) is 11.3 Å². The smallest absolute Gasteiger partial charge is 0.351 e. The topological polar surface area (TPSA) is 81.8 Å². The van der Waals surface area contributed by atoms with Crippen LogP contribution in [0.4, 0.5) is 5.82 Å². The molecule has 0 aliphatic rings. The molecule has 136 valence electrons. The van der Waals surface area contributed by atoms with Gasteiger partial charge in [0.15, 0.2) is 5.82 Å². The number of esters is 1. The molecule has 0 spiro atoms. The summed E-state index contributed by atoms with van der Waals surface area (Å²) in [6, 6.07) is 20.7. The Morgan fingerprint density at radius 2 is 1.79 bits per heavy atom. The van der Waals surface area contributed by atoms with E-state index in [2.05, 4.69) is 9.98 Å². The van der Waals surface area contributed by atoms with E-state index in [4.69, 9.17) is 9.15 Å². The second-order valence-corrected chi connectivity index (χ2v) is 5.86. The third-order valence-corrected chi connectivity index (χ3v) is 3.97. The van der Waals surface area contributed by atoms with Crippen molar-refractivity contribution in [2.75, 3.05) is 0 Å². The van der Waals surface area contributed by atoms with Gasteiger partial charge in [0.25, 0.3) is 0 Å². The molecule has 4 aromatic rings. The highest BCUT2D eigenvalue weighted by Crippen LogP contribution is 2.19. The van der Waals surface area contributed by atoms with Crippen LogP contribution < -0.4 is 10.4 Å². The number of hydrogen-bond donors (Lipinski definition) is 0. The number of carbonyl (C=O) groups is 1. The zero-order valence-corrected chi connectivity index (χ0v) is 14.6. The molecule has 28 heavy (non-hydrogen) atoms. The lowest BCUT2D eigenvalue weighted by molar-refractivity contribution is 0.0730. The van der Waals surface area contributed by atoms with Crippen LogP contribution in [0.15, 0.2) is 93.2 Å². The molecule has 0 N–H and O–H groups in total. The van der Waals surface area contributed by atoms with Gasteiger partial charge in [0, 0.05) is 23.4 Å². The second-order valence-electron chi connectivity index (χ2n) is 5.86. The number of para-hydroxylation sites is 2. The summed E-state index contributed by atoms with van der Waals surface area (Å²) in [6.45, 7) is 0. The van der Waals surface area contributed by atoms with Crippen molar-refractivity contribution in [2.24, 2.45) is 4.99 Å². The van der Waals surface area contributed by atoms with Gasteiger partial charge >= 0.3 is 11.6 Å². The van der Waals surface area contributed by atoms with Crippen molar-refractivity contribution in [3.05, 3.63) is 101 Å². The number of aliphatic imine (C=N–C) groups is 1. The highest BCUT2D eigenvalue weighted by atomic mass is 16.5. The Bertz CT molecular complexity index is 1230. The van der Waals surface area contributed by atoms with Crippen LogP contribution in [0, 0.1) is 0 Å². The first-order valence-electron chi connectivity index (χ1n) is 8.50. The van der Waals surface area contributed by atoms with Crippen molar-refractivity contribution >= 4 is 29.0 Å². The zero-order valence-electron chi connectivity index (χ0n) is 14.6. The number of hydrogen-bond acceptors (Lipinski definition) is 6. The van der Waals surface area contributed by atoms with Crippen molar-refractivity contribution in [1.29, 1.82) is 0 Å². The molecule has 0 unspecified atom stereocenters. The molecule has 0 saturated carbocycles. The molecule has 0 atom stereocenters. The molecule has 4 rings (SSSR count). The molecule has 0 aliphatic heterocycles. The summed E-state index contributed by atoms with van der Waals surface area (Å²) < 4.78 is 10.6. The van der Waals surface area contributed by atoms with Crippen LogP contribution in [-0.2, 0) is 0 Å². The molecule has 0 bridgehead atoms. The molecule has 6 heteroatoms. The Morgan fingerprint density at radius 3 is 2.64 bits per heavy atom. The van der Waals surface area contributed by atoms with E-state index in [1.54, 1.807) is 73.1 Å². The van der Waals surface area contributed by atoms with Gasteiger partial charge in [-0.3, -0.25) is 0 Å². The number of nitrogens with zero attached hydrogens (tertiary/aromatic N) is 2. The van der Waals surface area contributed by atoms with Crippen molar-refractivity contribution in [2.45, 2.75) is 0 Å². The summed E-state index contributed by atoms with van der Waals surface area (Å²) in [5.74, 6) is 0.0109. The molecule has 2 aromatic carbocycles. The van der Waals surface area contributed by atoms with Gasteiger partial charge in [-0.2, -0.15) is 0 Å². The average Bonchev–Trinajstić information content (AvgIpc) is 2.73. The normalized spacial score (nSPS) is 11.0. The molecule has 0 radical (unpaired) electrons. The predicted octanol–water partition coefficient (Wildman–Crippen LogP) is 4.16. The lowest BCUT2D eigenvalue weighted by Crippen LogP contribution is -2.19. The summed E-state index contributed by atoms with van der Waals surface area (Å²) in [6.07, 6.45) is 3.19. The average molecular weight is 370 g/mol. The summed E-state index contributed by atoms with van der Waals surface area (Å²) >= 11 is 0. The number of pyridine rings is 1. The van der Waals surface area contributed by atoms with Gasteiger partial charge in [-0.05, 0) is 36.4 Å². The van der Waals surface area contributed by atoms with E-state index in [0.29, 0.717) is 22.4 Å². The monoisotopic (exact) mass is 370 g/mol. The predicted molar refractivity (Wildman–Crippen MR) is 105 cm³/mol. The van der Waals surface area contributed by atoms with Gasteiger partial charge in [0.1, 0.15) is 16.9 Å². The van der Waals surface area contributed by atoms with Gasteiger partial charge in [0.2, 0.25) is 0 Å². The summed E-state index contributed by atoms with van der Waals surface area (Å²) in [5.41, 5.74) is 0.0668. The van der Waals surface area contributed by atoms with Crippen LogP contribution in [0.2, 0.25) is 0 Å². The molecule has 0 aliphatic carbocycles. The minimum absolute atomic E-state index is 0.171. The van der Waals surface area contributed by atoms with Gasteiger partial charge in [0.05, 0.1) is 0 Å². The van der Waals surface area contributed by atoms with Gasteiger partial charge in [-0.25, -0.2) is 19.6 Å². The second kappa shape index (κ2) is 7.67. The summed E-state index contributed by atoms with van der Waals surface area (Å²) in [7, 11) is 0. The number of ether oxygens (including phenoxy) is 1. The van der Waals surface area contributed by atoms with Crippen LogP contribution in [0.25, 0.3) is 11.0 Å². The fourth-order valence-electron chi connectivity index (χ4n) is 2.61. The fourth-order valence-corrected chi connectivity index (χ4v) is 2.61. The maximum absolute atomic E-state index is 12.6. The lowest BCUT2D eigenvalue weighted by Gasteiger charge is -2.07. The molecule has 2 heterocycles. The van der Waals surface area contributed by atoms with Crippen LogP contribution in [0.3, 0.4) is 0 Å². The van der Waals surface area contributed by atoms with E-state index < -0.39 is 11.6 Å². The van der Waals surface area contributed by atoms with E-state index in [1.165, 1.54) is 6.07 Å². The molecule has 2 aromatic heterocycles. The van der Waals surface area contributed by atoms with E-state index in [1.807, 2.05) is 6.07 Å². The quantitative estimate of drug-likeness (QED) is 0.233. The lowest BCUT2D eigenvalue weighted by atomic mass is 10.2. The summed E-state index contributed by atoms with van der Waals surface area (Å²) in [5, 5.41) is 0.638. The molecule has 6 nitrogen and oxygen atoms in total. The van der Waals surface area contributed by atoms with Crippen molar-refractivity contribution in [3.63, 3.8) is 0 Å². The number of benzene rings is 2. The third kappa shape index (κ3) is 3.71. The van der Waals surface area contributed by atoms with Crippen LogP contribution in [0.5, 0.6) is 5.75 Å². The first-order valence-corrected chi connectivity index (χ1v) is 8.50. The zero-order chi connectivity index (χ0) is 19.3. The Balaban J connectivity index is 1.63. The largest absolute Gasteiger partial charge is 0.422 e. The van der Waals surface area contributed by atoms with Crippen LogP contribution in [-0.4, -0.2) is 17.2 Å². The van der Waals surface area contributed by atoms with Gasteiger partial charge in [-0.1, -0.05) is 36.4 Å². The number of rotatable bonds is 4. The summed E-state index contributed by atoms with van der Waals surface area (Å²) in [4.78, 5) is 33.1. The molecular weight excluding hydrogens is 356 g/mol. The van der Waals surface area contributed by atoms with Crippen molar-refractivity contribution in [1.82, 2.24) is 4.98 Å². The molecule has 0 fully saturated rings. The molecule has 0 amide bonds. The maximum Gasteiger partial charge on any atom is 0.351 e. The van der Waals surface area contributed by atoms with Crippen LogP contribution in [0.1, 0.15) is 15.9 Å². The fraction of sp³-hybridized carbons (Fsp3) is 0. The number of fused-ring (bicyclic) bond motifs is 1. The van der Waals surface area contributed by atoms with Gasteiger partial charge in [-0.15, -0.1) is 0 Å². The third-order valence-electron chi connectivity index (χ3n) is 3.97. The Morgan fingerprint density at radius 1 is 1.00 bits per heavy atom. The Labute approximate surface area is 159 Å². The maximum atomic E-state index is 12.6. The highest BCUT2D eigenvalue weighted by molar-refractivity contribution is 5.95. The first kappa shape index (κ1) is 17.4. The first-order chi connectivity index (χ1) is 13.7. The SMILES string of the molecule is O=C(Oc1ccccc1/C=N/c1ccccn1)c1cc2ccccc2oc1=O. The Kier molecular flexibility index (Phi) is 4.76. The minimum atomic E-state index is -0.793. The van der Waals surface area contributed by atoms with Gasteiger partial charge < -0.3 is 9.15 Å². The highest BCUT2D eigenvalue weighted by Gasteiger charge is 2.17. The minimum Gasteiger partial charge on any atom is -0.422 e. The number of carbonyl (C=O) groups excluding carboxylic acids is 1. The van der Waals surface area contributed by atoms with E-state index >= 15 is 0 Å². The Hall–Kier alpha value is -4.06. The standard InChI is InChI=1S/C22H14N2O4/c25-21-17(13-15-7-1-3-9-18(15)27-21)22(26)28-19-10-4-2-8-16(19)14-24-20-11-5-6-12-23-20/h1-14H/b24-14+. The van der Waals surface area contributed by atoms with Crippen molar-refractivity contribution in [3.8, 4) is 5.75 Å². The number of aromatic nitrogens is 1. The van der Waals surface area contributed by atoms with E-state index in [0.717, 1.165) is 0 Å². The van der Waals surface area contributed by atoms with Crippen LogP contribution >= 0.6 is 0 Å². The molecule has 0 saturated heterocycles. The van der Waals surface area contributed by atoms with E-state index in [9.17, 15) is 9.59 Å². The molecular formula is C22H14N2O4.